The molecule has 0 radical (unpaired) electrons. The lowest BCUT2D eigenvalue weighted by atomic mass is 10.2. The number of primary amides is 1. The van der Waals surface area contributed by atoms with Crippen LogP contribution in [0.4, 0.5) is 4.79 Å². The second-order valence-corrected chi connectivity index (χ2v) is 3.73. The van der Waals surface area contributed by atoms with Crippen LogP contribution in [0.15, 0.2) is 0 Å². The van der Waals surface area contributed by atoms with Crippen LogP contribution < -0.4 is 5.73 Å². The fourth-order valence-electron chi connectivity index (χ4n) is 1.93. The van der Waals surface area contributed by atoms with Gasteiger partial charge in [-0.25, -0.2) is 4.79 Å². The number of carbonyl (C=O) groups excluding carboxylic acids is 2. The number of amides is 2. The van der Waals surface area contributed by atoms with Crippen molar-refractivity contribution in [3.8, 4) is 0 Å². The van der Waals surface area contributed by atoms with E-state index in [1.54, 1.807) is 6.92 Å². The van der Waals surface area contributed by atoms with E-state index in [1.807, 2.05) is 0 Å². The van der Waals surface area contributed by atoms with E-state index in [0.717, 1.165) is 25.7 Å². The molecule has 1 rings (SSSR count). The highest BCUT2D eigenvalue weighted by molar-refractivity contribution is 5.81. The largest absolute Gasteiger partial charge is 0.450 e. The average Bonchev–Trinajstić information content (AvgIpc) is 2.66. The van der Waals surface area contributed by atoms with Crippen LogP contribution in [0, 0.1) is 0 Å². The van der Waals surface area contributed by atoms with Gasteiger partial charge in [0.05, 0.1) is 6.61 Å². The maximum Gasteiger partial charge on any atom is 0.410 e. The van der Waals surface area contributed by atoms with Crippen molar-refractivity contribution >= 4 is 12.0 Å². The Morgan fingerprint density at radius 3 is 2.47 bits per heavy atom. The first-order valence-electron chi connectivity index (χ1n) is 5.36. The number of ether oxygens (including phenoxy) is 1. The van der Waals surface area contributed by atoms with Crippen molar-refractivity contribution in [2.24, 2.45) is 5.73 Å². The van der Waals surface area contributed by atoms with Crippen LogP contribution in [0.5, 0.6) is 0 Å². The van der Waals surface area contributed by atoms with Crippen LogP contribution >= 0.6 is 0 Å². The molecular formula is C10H18N2O3. The number of hydrogen-bond donors (Lipinski definition) is 1. The van der Waals surface area contributed by atoms with Crippen LogP contribution in [-0.4, -0.2) is 36.1 Å². The van der Waals surface area contributed by atoms with Gasteiger partial charge in [-0.05, 0) is 19.8 Å². The van der Waals surface area contributed by atoms with E-state index >= 15 is 0 Å². The summed E-state index contributed by atoms with van der Waals surface area (Å²) in [7, 11) is 0. The van der Waals surface area contributed by atoms with Crippen molar-refractivity contribution in [2.45, 2.75) is 38.6 Å². The van der Waals surface area contributed by atoms with Crippen LogP contribution in [0.2, 0.25) is 0 Å². The average molecular weight is 214 g/mol. The summed E-state index contributed by atoms with van der Waals surface area (Å²) in [6.45, 7) is 2.03. The number of hydrogen-bond acceptors (Lipinski definition) is 3. The lowest BCUT2D eigenvalue weighted by Crippen LogP contribution is -2.44. The first kappa shape index (κ1) is 11.8. The molecule has 0 aromatic heterocycles. The summed E-state index contributed by atoms with van der Waals surface area (Å²) in [5.41, 5.74) is 5.11. The standard InChI is InChI=1S/C10H18N2O3/c1-2-15-10(14)12(7-9(11)13)8-5-3-4-6-8/h8H,2-7H2,1H3,(H2,11,13). The van der Waals surface area contributed by atoms with Crippen molar-refractivity contribution in [1.82, 2.24) is 4.90 Å². The van der Waals surface area contributed by atoms with Gasteiger partial charge in [0.2, 0.25) is 5.91 Å². The molecule has 86 valence electrons. The van der Waals surface area contributed by atoms with Gasteiger partial charge in [-0.1, -0.05) is 12.8 Å². The molecule has 0 aromatic rings. The smallest absolute Gasteiger partial charge is 0.410 e. The molecule has 0 atom stereocenters. The van der Waals surface area contributed by atoms with Crippen molar-refractivity contribution in [1.29, 1.82) is 0 Å². The van der Waals surface area contributed by atoms with Gasteiger partial charge >= 0.3 is 6.09 Å². The summed E-state index contributed by atoms with van der Waals surface area (Å²) in [6.07, 6.45) is 3.64. The SMILES string of the molecule is CCOC(=O)N(CC(N)=O)C1CCCC1. The summed E-state index contributed by atoms with van der Waals surface area (Å²) in [5.74, 6) is -0.491. The molecule has 2 amide bonds. The Balaban J connectivity index is 2.58. The molecule has 0 aliphatic heterocycles. The minimum Gasteiger partial charge on any atom is -0.450 e. The number of nitrogens with zero attached hydrogens (tertiary/aromatic N) is 1. The molecule has 0 heterocycles. The van der Waals surface area contributed by atoms with Gasteiger partial charge in [-0.2, -0.15) is 0 Å². The van der Waals surface area contributed by atoms with Crippen molar-refractivity contribution in [2.75, 3.05) is 13.2 Å². The van der Waals surface area contributed by atoms with E-state index in [1.165, 1.54) is 4.90 Å². The lowest BCUT2D eigenvalue weighted by molar-refractivity contribution is -0.119. The third-order valence-corrected chi connectivity index (χ3v) is 2.59. The van der Waals surface area contributed by atoms with Crippen LogP contribution in [0.25, 0.3) is 0 Å². The molecule has 1 aliphatic rings. The lowest BCUT2D eigenvalue weighted by Gasteiger charge is -2.26. The predicted molar refractivity (Wildman–Crippen MR) is 55.2 cm³/mol. The Labute approximate surface area is 89.6 Å². The molecule has 5 nitrogen and oxygen atoms in total. The summed E-state index contributed by atoms with van der Waals surface area (Å²) in [6, 6.07) is 0.122. The van der Waals surface area contributed by atoms with E-state index < -0.39 is 12.0 Å². The number of nitrogens with two attached hydrogens (primary N) is 1. The van der Waals surface area contributed by atoms with Gasteiger partial charge in [0.1, 0.15) is 6.54 Å². The third-order valence-electron chi connectivity index (χ3n) is 2.59. The van der Waals surface area contributed by atoms with E-state index in [4.69, 9.17) is 10.5 Å². The Hall–Kier alpha value is -1.26. The van der Waals surface area contributed by atoms with Gasteiger partial charge in [-0.3, -0.25) is 9.69 Å². The molecule has 0 saturated heterocycles. The van der Waals surface area contributed by atoms with E-state index in [0.29, 0.717) is 6.61 Å². The second kappa shape index (κ2) is 5.58. The fourth-order valence-corrected chi connectivity index (χ4v) is 1.93. The molecule has 2 N–H and O–H groups in total. The maximum absolute atomic E-state index is 11.6. The molecule has 0 unspecified atom stereocenters. The van der Waals surface area contributed by atoms with Gasteiger partial charge in [0.15, 0.2) is 0 Å². The first-order chi connectivity index (χ1) is 7.15. The highest BCUT2D eigenvalue weighted by Crippen LogP contribution is 2.23. The highest BCUT2D eigenvalue weighted by atomic mass is 16.6. The second-order valence-electron chi connectivity index (χ2n) is 3.73. The highest BCUT2D eigenvalue weighted by Gasteiger charge is 2.28. The van der Waals surface area contributed by atoms with Gasteiger partial charge in [0, 0.05) is 6.04 Å². The van der Waals surface area contributed by atoms with Crippen LogP contribution in [0.1, 0.15) is 32.6 Å². The van der Waals surface area contributed by atoms with Gasteiger partial charge < -0.3 is 10.5 Å². The first-order valence-corrected chi connectivity index (χ1v) is 5.36. The van der Waals surface area contributed by atoms with Gasteiger partial charge in [0.25, 0.3) is 0 Å². The van der Waals surface area contributed by atoms with Crippen molar-refractivity contribution in [3.63, 3.8) is 0 Å². The number of carbonyl (C=O) groups is 2. The predicted octanol–water partition coefficient (Wildman–Crippen LogP) is 0.873. The molecule has 5 heteroatoms. The van der Waals surface area contributed by atoms with E-state index in [2.05, 4.69) is 0 Å². The number of rotatable bonds is 4. The molecule has 0 bridgehead atoms. The maximum atomic E-state index is 11.6. The Morgan fingerprint density at radius 2 is 2.00 bits per heavy atom. The molecular weight excluding hydrogens is 196 g/mol. The monoisotopic (exact) mass is 214 g/mol. The minimum absolute atomic E-state index is 0.0382. The summed E-state index contributed by atoms with van der Waals surface area (Å²) in [4.78, 5) is 23.9. The Kier molecular flexibility index (Phi) is 4.39. The van der Waals surface area contributed by atoms with Crippen LogP contribution in [0.3, 0.4) is 0 Å². The molecule has 1 saturated carbocycles. The van der Waals surface area contributed by atoms with E-state index in [9.17, 15) is 9.59 Å². The minimum atomic E-state index is -0.491. The zero-order chi connectivity index (χ0) is 11.3. The van der Waals surface area contributed by atoms with Crippen molar-refractivity contribution in [3.05, 3.63) is 0 Å². The van der Waals surface area contributed by atoms with Gasteiger partial charge in [-0.15, -0.1) is 0 Å². The van der Waals surface area contributed by atoms with Crippen LogP contribution in [-0.2, 0) is 9.53 Å². The summed E-state index contributed by atoms with van der Waals surface area (Å²) >= 11 is 0. The quantitative estimate of drug-likeness (QED) is 0.754. The summed E-state index contributed by atoms with van der Waals surface area (Å²) < 4.78 is 4.90. The zero-order valence-corrected chi connectivity index (χ0v) is 9.07. The zero-order valence-electron chi connectivity index (χ0n) is 9.07. The topological polar surface area (TPSA) is 72.6 Å². The molecule has 15 heavy (non-hydrogen) atoms. The fraction of sp³-hybridized carbons (Fsp3) is 0.800. The Morgan fingerprint density at radius 1 is 1.40 bits per heavy atom. The molecule has 0 spiro atoms. The Bertz CT molecular complexity index is 237. The summed E-state index contributed by atoms with van der Waals surface area (Å²) in [5, 5.41) is 0. The molecule has 0 aromatic carbocycles. The molecule has 1 aliphatic carbocycles. The van der Waals surface area contributed by atoms with E-state index in [-0.39, 0.29) is 12.6 Å². The molecule has 1 fully saturated rings. The normalized spacial score (nSPS) is 16.3. The van der Waals surface area contributed by atoms with Crippen molar-refractivity contribution < 1.29 is 14.3 Å². The third kappa shape index (κ3) is 3.42.